The molecule has 5 heteroatoms. The number of methoxy groups -OCH3 is 1. The Labute approximate surface area is 127 Å². The molecule has 2 rings (SSSR count). The van der Waals surface area contributed by atoms with Crippen LogP contribution in [0.1, 0.15) is 25.1 Å². The third-order valence-corrected chi connectivity index (χ3v) is 3.85. The normalized spacial score (nSPS) is 11.4. The molecule has 1 N–H and O–H groups in total. The fourth-order valence-corrected chi connectivity index (χ4v) is 2.71. The van der Waals surface area contributed by atoms with Gasteiger partial charge in [-0.3, -0.25) is 0 Å². The molecular weight excluding hydrogens is 318 g/mol. The van der Waals surface area contributed by atoms with Gasteiger partial charge in [-0.1, -0.05) is 34.1 Å². The molecule has 0 radical (unpaired) electrons. The second-order valence-corrected chi connectivity index (χ2v) is 5.88. The van der Waals surface area contributed by atoms with Gasteiger partial charge in [0.15, 0.2) is 0 Å². The van der Waals surface area contributed by atoms with Crippen LogP contribution < -0.4 is 10.1 Å². The fraction of sp³-hybridized carbons (Fsp3) is 0.333. The zero-order valence-corrected chi connectivity index (χ0v) is 13.4. The molecule has 0 saturated carbocycles. The highest BCUT2D eigenvalue weighted by Crippen LogP contribution is 2.27. The summed E-state index contributed by atoms with van der Waals surface area (Å²) in [5.41, 5.74) is 1.93. The van der Waals surface area contributed by atoms with Crippen molar-refractivity contribution in [3.8, 4) is 5.88 Å². The van der Waals surface area contributed by atoms with Gasteiger partial charge in [-0.15, -0.1) is 5.10 Å². The molecule has 4 nitrogen and oxygen atoms in total. The summed E-state index contributed by atoms with van der Waals surface area (Å²) in [7, 11) is 1.58. The van der Waals surface area contributed by atoms with Gasteiger partial charge in [0.2, 0.25) is 5.88 Å². The lowest BCUT2D eigenvalue weighted by Crippen LogP contribution is -2.36. The van der Waals surface area contributed by atoms with Crippen LogP contribution in [0.5, 0.6) is 5.88 Å². The first kappa shape index (κ1) is 14.9. The topological polar surface area (TPSA) is 47.0 Å². The zero-order valence-electron chi connectivity index (χ0n) is 11.9. The Morgan fingerprint density at radius 3 is 2.50 bits per heavy atom. The van der Waals surface area contributed by atoms with E-state index in [1.165, 1.54) is 5.56 Å². The molecule has 0 amide bonds. The summed E-state index contributed by atoms with van der Waals surface area (Å²) in [6, 6.07) is 11.9. The van der Waals surface area contributed by atoms with Crippen molar-refractivity contribution in [2.24, 2.45) is 0 Å². The van der Waals surface area contributed by atoms with Gasteiger partial charge in [0.25, 0.3) is 0 Å². The zero-order chi connectivity index (χ0) is 14.6. The monoisotopic (exact) mass is 335 g/mol. The predicted molar refractivity (Wildman–Crippen MR) is 82.6 cm³/mol. The van der Waals surface area contributed by atoms with Crippen molar-refractivity contribution < 1.29 is 4.74 Å². The van der Waals surface area contributed by atoms with Gasteiger partial charge in [-0.25, -0.2) is 0 Å². The van der Waals surface area contributed by atoms with Crippen molar-refractivity contribution in [1.82, 2.24) is 15.5 Å². The molecule has 0 aliphatic rings. The molecule has 0 bridgehead atoms. The molecule has 0 unspecified atom stereocenters. The van der Waals surface area contributed by atoms with Crippen LogP contribution in [0.3, 0.4) is 0 Å². The Balaban J connectivity index is 2.07. The van der Waals surface area contributed by atoms with E-state index in [0.717, 1.165) is 10.2 Å². The van der Waals surface area contributed by atoms with E-state index in [1.807, 2.05) is 30.3 Å². The minimum absolute atomic E-state index is 0.165. The number of hydrogen-bond donors (Lipinski definition) is 1. The Hall–Kier alpha value is -1.46. The maximum atomic E-state index is 5.00. The van der Waals surface area contributed by atoms with Crippen LogP contribution in [0.4, 0.5) is 0 Å². The van der Waals surface area contributed by atoms with E-state index in [-0.39, 0.29) is 5.54 Å². The number of benzene rings is 1. The van der Waals surface area contributed by atoms with Gasteiger partial charge in [-0.2, -0.15) is 5.10 Å². The number of hydrogen-bond acceptors (Lipinski definition) is 4. The number of rotatable bonds is 5. The SMILES string of the molecule is COc1ccc(CNC(C)(C)c2ccccc2Br)nn1. The summed E-state index contributed by atoms with van der Waals surface area (Å²) in [5, 5.41) is 11.6. The van der Waals surface area contributed by atoms with E-state index in [2.05, 4.69) is 51.4 Å². The standard InChI is InChI=1S/C15H18BrN3O/c1-15(2,12-6-4-5-7-13(12)16)17-10-11-8-9-14(20-3)19-18-11/h4-9,17H,10H2,1-3H3. The minimum atomic E-state index is -0.165. The van der Waals surface area contributed by atoms with Crippen LogP contribution in [0.25, 0.3) is 0 Å². The van der Waals surface area contributed by atoms with Crippen molar-refractivity contribution in [1.29, 1.82) is 0 Å². The minimum Gasteiger partial charge on any atom is -0.480 e. The molecule has 20 heavy (non-hydrogen) atoms. The van der Waals surface area contributed by atoms with Gasteiger partial charge >= 0.3 is 0 Å². The third-order valence-electron chi connectivity index (χ3n) is 3.16. The van der Waals surface area contributed by atoms with Crippen LogP contribution in [-0.2, 0) is 12.1 Å². The summed E-state index contributed by atoms with van der Waals surface area (Å²) in [5.74, 6) is 0.527. The van der Waals surface area contributed by atoms with Crippen LogP contribution in [0.2, 0.25) is 0 Å². The van der Waals surface area contributed by atoms with Gasteiger partial charge in [0.05, 0.1) is 12.8 Å². The number of aromatic nitrogens is 2. The summed E-state index contributed by atoms with van der Waals surface area (Å²) in [4.78, 5) is 0. The molecule has 0 spiro atoms. The van der Waals surface area contributed by atoms with E-state index >= 15 is 0 Å². The third kappa shape index (κ3) is 3.55. The molecule has 0 aliphatic heterocycles. The lowest BCUT2D eigenvalue weighted by atomic mass is 9.94. The van der Waals surface area contributed by atoms with E-state index in [0.29, 0.717) is 12.4 Å². The van der Waals surface area contributed by atoms with E-state index in [4.69, 9.17) is 4.74 Å². The summed E-state index contributed by atoms with van der Waals surface area (Å²) >= 11 is 3.59. The summed E-state index contributed by atoms with van der Waals surface area (Å²) in [6.45, 7) is 4.93. The summed E-state index contributed by atoms with van der Waals surface area (Å²) < 4.78 is 6.10. The Morgan fingerprint density at radius 2 is 1.90 bits per heavy atom. The highest BCUT2D eigenvalue weighted by Gasteiger charge is 2.22. The lowest BCUT2D eigenvalue weighted by Gasteiger charge is -2.28. The lowest BCUT2D eigenvalue weighted by molar-refractivity contribution is 0.383. The van der Waals surface area contributed by atoms with Crippen molar-refractivity contribution in [2.45, 2.75) is 25.9 Å². The van der Waals surface area contributed by atoms with Gasteiger partial charge in [-0.05, 0) is 31.5 Å². The van der Waals surface area contributed by atoms with Crippen LogP contribution >= 0.6 is 15.9 Å². The number of nitrogens with one attached hydrogen (secondary N) is 1. The van der Waals surface area contributed by atoms with Gasteiger partial charge < -0.3 is 10.1 Å². The molecule has 1 heterocycles. The van der Waals surface area contributed by atoms with Gasteiger partial charge in [0, 0.05) is 22.6 Å². The highest BCUT2D eigenvalue weighted by atomic mass is 79.9. The first-order chi connectivity index (χ1) is 9.53. The maximum absolute atomic E-state index is 5.00. The smallest absolute Gasteiger partial charge is 0.233 e. The molecule has 0 fully saturated rings. The Kier molecular flexibility index (Phi) is 4.73. The summed E-state index contributed by atoms with van der Waals surface area (Å²) in [6.07, 6.45) is 0. The quantitative estimate of drug-likeness (QED) is 0.910. The molecular formula is C15H18BrN3O. The predicted octanol–water partition coefficient (Wildman–Crippen LogP) is 3.27. The van der Waals surface area contributed by atoms with Gasteiger partial charge in [0.1, 0.15) is 0 Å². The first-order valence-electron chi connectivity index (χ1n) is 6.39. The molecule has 0 atom stereocenters. The molecule has 106 valence electrons. The van der Waals surface area contributed by atoms with Crippen LogP contribution in [-0.4, -0.2) is 17.3 Å². The first-order valence-corrected chi connectivity index (χ1v) is 7.19. The average Bonchev–Trinajstić information content (AvgIpc) is 2.46. The molecule has 0 aliphatic carbocycles. The van der Waals surface area contributed by atoms with Crippen molar-refractivity contribution in [3.05, 3.63) is 52.1 Å². The van der Waals surface area contributed by atoms with E-state index in [1.54, 1.807) is 7.11 Å². The number of nitrogens with zero attached hydrogens (tertiary/aromatic N) is 2. The second kappa shape index (κ2) is 6.33. The molecule has 1 aromatic heterocycles. The van der Waals surface area contributed by atoms with E-state index in [9.17, 15) is 0 Å². The Bertz CT molecular complexity index is 570. The van der Waals surface area contributed by atoms with Crippen molar-refractivity contribution >= 4 is 15.9 Å². The van der Waals surface area contributed by atoms with E-state index < -0.39 is 0 Å². The maximum Gasteiger partial charge on any atom is 0.233 e. The number of halogens is 1. The van der Waals surface area contributed by atoms with Crippen LogP contribution in [0, 0.1) is 0 Å². The van der Waals surface area contributed by atoms with Crippen molar-refractivity contribution in [3.63, 3.8) is 0 Å². The molecule has 2 aromatic rings. The molecule has 1 aromatic carbocycles. The fourth-order valence-electron chi connectivity index (χ4n) is 1.93. The number of ether oxygens (including phenoxy) is 1. The highest BCUT2D eigenvalue weighted by molar-refractivity contribution is 9.10. The molecule has 0 saturated heterocycles. The van der Waals surface area contributed by atoms with Crippen LogP contribution in [0.15, 0.2) is 40.9 Å². The average molecular weight is 336 g/mol. The van der Waals surface area contributed by atoms with Crippen molar-refractivity contribution in [2.75, 3.05) is 7.11 Å². The largest absolute Gasteiger partial charge is 0.480 e. The Morgan fingerprint density at radius 1 is 1.15 bits per heavy atom. The second-order valence-electron chi connectivity index (χ2n) is 5.03.